The van der Waals surface area contributed by atoms with Gasteiger partial charge in [-0.15, -0.1) is 0 Å². The van der Waals surface area contributed by atoms with Crippen LogP contribution in [-0.2, 0) is 6.54 Å². The van der Waals surface area contributed by atoms with E-state index in [1.807, 2.05) is 31.3 Å². The molecule has 1 aromatic carbocycles. The van der Waals surface area contributed by atoms with Gasteiger partial charge in [0.25, 0.3) is 0 Å². The summed E-state index contributed by atoms with van der Waals surface area (Å²) in [6, 6.07) is 10.0. The van der Waals surface area contributed by atoms with Gasteiger partial charge in [0.15, 0.2) is 0 Å². The van der Waals surface area contributed by atoms with Crippen LogP contribution >= 0.6 is 11.6 Å². The van der Waals surface area contributed by atoms with E-state index in [-0.39, 0.29) is 0 Å². The number of aryl methyl sites for hydroxylation is 1. The molecular formula is C16H18ClN3. The van der Waals surface area contributed by atoms with Crippen molar-refractivity contribution in [2.75, 3.05) is 13.1 Å². The Bertz CT molecular complexity index is 583. The van der Waals surface area contributed by atoms with Gasteiger partial charge >= 0.3 is 0 Å². The Morgan fingerprint density at radius 3 is 2.80 bits per heavy atom. The quantitative estimate of drug-likeness (QED) is 0.866. The van der Waals surface area contributed by atoms with Crippen LogP contribution in [-0.4, -0.2) is 28.0 Å². The zero-order valence-corrected chi connectivity index (χ0v) is 12.3. The molecule has 104 valence electrons. The summed E-state index contributed by atoms with van der Waals surface area (Å²) in [7, 11) is 0. The summed E-state index contributed by atoms with van der Waals surface area (Å²) < 4.78 is 0. The molecule has 3 rings (SSSR count). The van der Waals surface area contributed by atoms with E-state index in [9.17, 15) is 0 Å². The molecule has 0 amide bonds. The molecule has 0 spiro atoms. The molecule has 1 saturated heterocycles. The molecule has 2 aromatic rings. The minimum absolute atomic E-state index is 0.460. The number of hydrogen-bond donors (Lipinski definition) is 0. The third-order valence-electron chi connectivity index (χ3n) is 3.77. The third-order valence-corrected chi connectivity index (χ3v) is 4.02. The van der Waals surface area contributed by atoms with E-state index in [1.54, 1.807) is 0 Å². The topological polar surface area (TPSA) is 29.0 Å². The molecule has 0 radical (unpaired) electrons. The summed E-state index contributed by atoms with van der Waals surface area (Å²) in [4.78, 5) is 11.4. The van der Waals surface area contributed by atoms with Crippen LogP contribution in [0.4, 0.5) is 0 Å². The van der Waals surface area contributed by atoms with Crippen molar-refractivity contribution in [1.29, 1.82) is 0 Å². The van der Waals surface area contributed by atoms with Crippen LogP contribution in [0, 0.1) is 6.92 Å². The zero-order chi connectivity index (χ0) is 13.9. The monoisotopic (exact) mass is 287 g/mol. The zero-order valence-electron chi connectivity index (χ0n) is 11.6. The number of benzene rings is 1. The Balaban J connectivity index is 1.63. The Morgan fingerprint density at radius 1 is 1.25 bits per heavy atom. The lowest BCUT2D eigenvalue weighted by Gasteiger charge is -2.15. The summed E-state index contributed by atoms with van der Waals surface area (Å²) in [5.41, 5.74) is 2.35. The molecule has 20 heavy (non-hydrogen) atoms. The van der Waals surface area contributed by atoms with Crippen LogP contribution in [0.5, 0.6) is 0 Å². The fraction of sp³-hybridized carbons (Fsp3) is 0.375. The van der Waals surface area contributed by atoms with Gasteiger partial charge in [-0.25, -0.2) is 9.97 Å². The first-order chi connectivity index (χ1) is 9.70. The molecule has 1 fully saturated rings. The molecule has 1 aliphatic heterocycles. The van der Waals surface area contributed by atoms with Crippen LogP contribution in [0.15, 0.2) is 36.5 Å². The standard InChI is InChI=1S/C16H18ClN3/c1-12-6-8-18-16(19-12)14-7-9-20(11-14)10-13-2-4-15(17)5-3-13/h2-6,8,14H,7,9-11H2,1H3/t14-/m0/s1. The first-order valence-corrected chi connectivity index (χ1v) is 7.35. The lowest BCUT2D eigenvalue weighted by Crippen LogP contribution is -2.20. The van der Waals surface area contributed by atoms with Gasteiger partial charge in [-0.05, 0) is 43.7 Å². The van der Waals surface area contributed by atoms with Gasteiger partial charge in [-0.3, -0.25) is 4.90 Å². The van der Waals surface area contributed by atoms with Gasteiger partial charge in [0.1, 0.15) is 5.82 Å². The van der Waals surface area contributed by atoms with Gasteiger partial charge in [0.2, 0.25) is 0 Å². The predicted molar refractivity (Wildman–Crippen MR) is 80.9 cm³/mol. The Kier molecular flexibility index (Phi) is 3.99. The largest absolute Gasteiger partial charge is 0.298 e. The SMILES string of the molecule is Cc1ccnc([C@H]2CCN(Cc3ccc(Cl)cc3)C2)n1. The minimum atomic E-state index is 0.460. The summed E-state index contributed by atoms with van der Waals surface area (Å²) in [5.74, 6) is 1.45. The highest BCUT2D eigenvalue weighted by molar-refractivity contribution is 6.30. The maximum absolute atomic E-state index is 5.92. The van der Waals surface area contributed by atoms with E-state index in [0.29, 0.717) is 5.92 Å². The highest BCUT2D eigenvalue weighted by atomic mass is 35.5. The van der Waals surface area contributed by atoms with Crippen molar-refractivity contribution in [3.05, 3.63) is 58.6 Å². The molecule has 0 bridgehead atoms. The van der Waals surface area contributed by atoms with E-state index in [2.05, 4.69) is 27.0 Å². The van der Waals surface area contributed by atoms with Crippen LogP contribution in [0.25, 0.3) is 0 Å². The highest BCUT2D eigenvalue weighted by Crippen LogP contribution is 2.26. The van der Waals surface area contributed by atoms with Crippen LogP contribution < -0.4 is 0 Å². The molecule has 1 aliphatic rings. The van der Waals surface area contributed by atoms with Gasteiger partial charge in [-0.1, -0.05) is 23.7 Å². The molecule has 3 nitrogen and oxygen atoms in total. The van der Waals surface area contributed by atoms with Gasteiger partial charge in [0.05, 0.1) is 0 Å². The maximum Gasteiger partial charge on any atom is 0.132 e. The fourth-order valence-electron chi connectivity index (χ4n) is 2.70. The molecule has 2 heterocycles. The first kappa shape index (κ1) is 13.5. The predicted octanol–water partition coefficient (Wildman–Crippen LogP) is 3.43. The smallest absolute Gasteiger partial charge is 0.132 e. The summed E-state index contributed by atoms with van der Waals surface area (Å²) >= 11 is 5.92. The number of hydrogen-bond acceptors (Lipinski definition) is 3. The number of nitrogens with zero attached hydrogens (tertiary/aromatic N) is 3. The average molecular weight is 288 g/mol. The molecule has 1 atom stereocenters. The Labute approximate surface area is 124 Å². The number of rotatable bonds is 3. The lowest BCUT2D eigenvalue weighted by molar-refractivity contribution is 0.325. The Hall–Kier alpha value is -1.45. The van der Waals surface area contributed by atoms with E-state index in [0.717, 1.165) is 42.6 Å². The lowest BCUT2D eigenvalue weighted by atomic mass is 10.1. The van der Waals surface area contributed by atoms with E-state index < -0.39 is 0 Å². The van der Waals surface area contributed by atoms with Gasteiger partial charge in [0, 0.05) is 35.9 Å². The van der Waals surface area contributed by atoms with Crippen LogP contribution in [0.2, 0.25) is 5.02 Å². The number of aromatic nitrogens is 2. The molecule has 0 N–H and O–H groups in total. The summed E-state index contributed by atoms with van der Waals surface area (Å²) in [5, 5.41) is 0.793. The second-order valence-electron chi connectivity index (χ2n) is 5.40. The van der Waals surface area contributed by atoms with Crippen molar-refractivity contribution in [3.63, 3.8) is 0 Å². The third kappa shape index (κ3) is 3.17. The molecule has 1 aromatic heterocycles. The summed E-state index contributed by atoms with van der Waals surface area (Å²) in [6.45, 7) is 5.13. The van der Waals surface area contributed by atoms with Gasteiger partial charge in [-0.2, -0.15) is 0 Å². The number of likely N-dealkylation sites (tertiary alicyclic amines) is 1. The average Bonchev–Trinajstić information content (AvgIpc) is 2.90. The normalized spacial score (nSPS) is 19.4. The van der Waals surface area contributed by atoms with Gasteiger partial charge < -0.3 is 0 Å². The number of halogens is 1. The molecule has 4 heteroatoms. The fourth-order valence-corrected chi connectivity index (χ4v) is 2.83. The summed E-state index contributed by atoms with van der Waals surface area (Å²) in [6.07, 6.45) is 3.00. The van der Waals surface area contributed by atoms with Crippen molar-refractivity contribution in [1.82, 2.24) is 14.9 Å². The molecule has 0 aliphatic carbocycles. The van der Waals surface area contributed by atoms with E-state index >= 15 is 0 Å². The molecular weight excluding hydrogens is 270 g/mol. The van der Waals surface area contributed by atoms with Crippen LogP contribution in [0.3, 0.4) is 0 Å². The highest BCUT2D eigenvalue weighted by Gasteiger charge is 2.25. The van der Waals surface area contributed by atoms with Crippen molar-refractivity contribution >= 4 is 11.6 Å². The molecule has 0 saturated carbocycles. The maximum atomic E-state index is 5.92. The van der Waals surface area contributed by atoms with Crippen molar-refractivity contribution < 1.29 is 0 Å². The van der Waals surface area contributed by atoms with E-state index in [4.69, 9.17) is 11.6 Å². The van der Waals surface area contributed by atoms with Crippen LogP contribution in [0.1, 0.15) is 29.4 Å². The first-order valence-electron chi connectivity index (χ1n) is 6.97. The van der Waals surface area contributed by atoms with Crippen molar-refractivity contribution in [2.45, 2.75) is 25.8 Å². The van der Waals surface area contributed by atoms with E-state index in [1.165, 1.54) is 5.56 Å². The second kappa shape index (κ2) is 5.90. The molecule has 0 unspecified atom stereocenters. The Morgan fingerprint density at radius 2 is 2.05 bits per heavy atom. The second-order valence-corrected chi connectivity index (χ2v) is 5.84. The van der Waals surface area contributed by atoms with Crippen molar-refractivity contribution in [3.8, 4) is 0 Å². The minimum Gasteiger partial charge on any atom is -0.298 e. The van der Waals surface area contributed by atoms with Crippen molar-refractivity contribution in [2.24, 2.45) is 0 Å².